The predicted octanol–water partition coefficient (Wildman–Crippen LogP) is 1.19. The Morgan fingerprint density at radius 1 is 1.38 bits per heavy atom. The molecule has 1 aromatic heterocycles. The Labute approximate surface area is 96.7 Å². The molecule has 0 saturated carbocycles. The van der Waals surface area contributed by atoms with Gasteiger partial charge < -0.3 is 14.8 Å². The average Bonchev–Trinajstić information content (AvgIpc) is 2.56. The zero-order chi connectivity index (χ0) is 11.8. The number of hydrogen-bond acceptors (Lipinski definition) is 4. The van der Waals surface area contributed by atoms with Crippen molar-refractivity contribution in [1.82, 2.24) is 9.78 Å². The molecule has 0 atom stereocenters. The third-order valence-corrected chi connectivity index (χ3v) is 2.23. The van der Waals surface area contributed by atoms with Crippen LogP contribution in [0.1, 0.15) is 12.1 Å². The Hall–Kier alpha value is -1.07. The Bertz CT molecular complexity index is 299. The van der Waals surface area contributed by atoms with Gasteiger partial charge in [0, 0.05) is 33.5 Å². The smallest absolute Gasteiger partial charge is 0.0824 e. The molecule has 0 fully saturated rings. The van der Waals surface area contributed by atoms with Crippen LogP contribution in [-0.4, -0.2) is 43.3 Å². The molecular formula is C11H21N3O2. The molecule has 1 N–H and O–H groups in total. The number of ether oxygens (including phenoxy) is 2. The van der Waals surface area contributed by atoms with Gasteiger partial charge in [-0.25, -0.2) is 0 Å². The Balaban J connectivity index is 2.05. The maximum atomic E-state index is 5.36. The fraction of sp³-hybridized carbons (Fsp3) is 0.727. The zero-order valence-electron chi connectivity index (χ0n) is 10.3. The van der Waals surface area contributed by atoms with Crippen LogP contribution >= 0.6 is 0 Å². The number of methoxy groups -OCH3 is 1. The number of rotatable bonds is 8. The van der Waals surface area contributed by atoms with Gasteiger partial charge in [0.1, 0.15) is 0 Å². The minimum absolute atomic E-state index is 0.662. The maximum absolute atomic E-state index is 5.36. The molecule has 0 unspecified atom stereocenters. The third-order valence-electron chi connectivity index (χ3n) is 2.23. The summed E-state index contributed by atoms with van der Waals surface area (Å²) in [4.78, 5) is 0. The van der Waals surface area contributed by atoms with Gasteiger partial charge >= 0.3 is 0 Å². The fourth-order valence-electron chi connectivity index (χ4n) is 1.41. The fourth-order valence-corrected chi connectivity index (χ4v) is 1.41. The zero-order valence-corrected chi connectivity index (χ0v) is 10.3. The van der Waals surface area contributed by atoms with Crippen molar-refractivity contribution in [2.75, 3.05) is 38.8 Å². The molecule has 0 aromatic carbocycles. The first kappa shape index (κ1) is 13.0. The molecule has 1 heterocycles. The van der Waals surface area contributed by atoms with Crippen LogP contribution in [0.4, 0.5) is 5.69 Å². The largest absolute Gasteiger partial charge is 0.382 e. The van der Waals surface area contributed by atoms with Gasteiger partial charge in [-0.2, -0.15) is 5.10 Å². The molecular weight excluding hydrogens is 206 g/mol. The van der Waals surface area contributed by atoms with E-state index in [1.54, 1.807) is 7.11 Å². The van der Waals surface area contributed by atoms with E-state index in [4.69, 9.17) is 9.47 Å². The first-order chi connectivity index (χ1) is 7.74. The van der Waals surface area contributed by atoms with Gasteiger partial charge in [-0.05, 0) is 13.3 Å². The number of hydrogen-bond donors (Lipinski definition) is 1. The van der Waals surface area contributed by atoms with E-state index in [1.807, 2.05) is 24.9 Å². The molecule has 0 saturated heterocycles. The van der Waals surface area contributed by atoms with E-state index in [2.05, 4.69) is 10.4 Å². The second-order valence-corrected chi connectivity index (χ2v) is 3.69. The molecule has 0 amide bonds. The number of nitrogens with zero attached hydrogens (tertiary/aromatic N) is 2. The number of nitrogens with one attached hydrogen (secondary N) is 1. The second kappa shape index (κ2) is 7.24. The van der Waals surface area contributed by atoms with Gasteiger partial charge in [0.2, 0.25) is 0 Å². The summed E-state index contributed by atoms with van der Waals surface area (Å²) in [7, 11) is 3.60. The van der Waals surface area contributed by atoms with Gasteiger partial charge in [-0.3, -0.25) is 4.68 Å². The lowest BCUT2D eigenvalue weighted by molar-refractivity contribution is 0.0705. The van der Waals surface area contributed by atoms with Crippen LogP contribution in [0.3, 0.4) is 0 Å². The highest BCUT2D eigenvalue weighted by Gasteiger charge is 2.00. The van der Waals surface area contributed by atoms with Gasteiger partial charge in [0.15, 0.2) is 0 Å². The van der Waals surface area contributed by atoms with Crippen molar-refractivity contribution in [1.29, 1.82) is 0 Å². The van der Waals surface area contributed by atoms with E-state index in [1.165, 1.54) is 0 Å². The van der Waals surface area contributed by atoms with Gasteiger partial charge in [0.25, 0.3) is 0 Å². The van der Waals surface area contributed by atoms with Crippen LogP contribution in [0.5, 0.6) is 0 Å². The maximum Gasteiger partial charge on any atom is 0.0824 e. The van der Waals surface area contributed by atoms with Crippen molar-refractivity contribution >= 4 is 5.69 Å². The molecule has 1 rings (SSSR count). The van der Waals surface area contributed by atoms with Crippen molar-refractivity contribution in [3.63, 3.8) is 0 Å². The minimum Gasteiger partial charge on any atom is -0.382 e. The summed E-state index contributed by atoms with van der Waals surface area (Å²) in [6.45, 7) is 4.99. The first-order valence-electron chi connectivity index (χ1n) is 5.55. The Morgan fingerprint density at radius 2 is 2.19 bits per heavy atom. The lowest BCUT2D eigenvalue weighted by atomic mass is 10.3. The highest BCUT2D eigenvalue weighted by molar-refractivity contribution is 5.45. The van der Waals surface area contributed by atoms with Crippen LogP contribution in [0.25, 0.3) is 0 Å². The Morgan fingerprint density at radius 3 is 2.81 bits per heavy atom. The van der Waals surface area contributed by atoms with Crippen molar-refractivity contribution < 1.29 is 9.47 Å². The molecule has 0 aliphatic carbocycles. The monoisotopic (exact) mass is 227 g/mol. The summed E-state index contributed by atoms with van der Waals surface area (Å²) in [5.41, 5.74) is 2.13. The minimum atomic E-state index is 0.662. The highest BCUT2D eigenvalue weighted by Crippen LogP contribution is 2.10. The van der Waals surface area contributed by atoms with Crippen LogP contribution < -0.4 is 5.32 Å². The van der Waals surface area contributed by atoms with Gasteiger partial charge in [0.05, 0.1) is 24.6 Å². The quantitative estimate of drug-likeness (QED) is 0.678. The molecule has 0 aliphatic rings. The number of aromatic nitrogens is 2. The van der Waals surface area contributed by atoms with Crippen molar-refractivity contribution in [3.05, 3.63) is 11.9 Å². The molecule has 0 spiro atoms. The molecule has 16 heavy (non-hydrogen) atoms. The highest BCUT2D eigenvalue weighted by atomic mass is 16.5. The van der Waals surface area contributed by atoms with E-state index in [0.717, 1.165) is 31.0 Å². The molecule has 5 heteroatoms. The normalized spacial score (nSPS) is 10.7. The molecule has 5 nitrogen and oxygen atoms in total. The lowest BCUT2D eigenvalue weighted by Crippen LogP contribution is -2.08. The lowest BCUT2D eigenvalue weighted by Gasteiger charge is -2.05. The van der Waals surface area contributed by atoms with Crippen LogP contribution in [0.15, 0.2) is 6.20 Å². The van der Waals surface area contributed by atoms with Crippen molar-refractivity contribution in [3.8, 4) is 0 Å². The molecule has 0 aliphatic heterocycles. The summed E-state index contributed by atoms with van der Waals surface area (Å²) in [5.74, 6) is 0. The van der Waals surface area contributed by atoms with Crippen LogP contribution in [0, 0.1) is 6.92 Å². The van der Waals surface area contributed by atoms with E-state index >= 15 is 0 Å². The van der Waals surface area contributed by atoms with Crippen LogP contribution in [0.2, 0.25) is 0 Å². The molecule has 1 aromatic rings. The van der Waals surface area contributed by atoms with E-state index in [-0.39, 0.29) is 0 Å². The summed E-state index contributed by atoms with van der Waals surface area (Å²) < 4.78 is 12.1. The van der Waals surface area contributed by atoms with E-state index in [0.29, 0.717) is 13.2 Å². The SMILES string of the molecule is COCCOCCCNc1cn(C)nc1C. The first-order valence-corrected chi connectivity index (χ1v) is 5.55. The number of aryl methyl sites for hydroxylation is 2. The van der Waals surface area contributed by atoms with E-state index < -0.39 is 0 Å². The third kappa shape index (κ3) is 4.63. The number of anilines is 1. The van der Waals surface area contributed by atoms with E-state index in [9.17, 15) is 0 Å². The summed E-state index contributed by atoms with van der Waals surface area (Å²) in [5, 5.41) is 7.59. The van der Waals surface area contributed by atoms with Gasteiger partial charge in [-0.1, -0.05) is 0 Å². The van der Waals surface area contributed by atoms with Crippen molar-refractivity contribution in [2.45, 2.75) is 13.3 Å². The summed E-state index contributed by atoms with van der Waals surface area (Å²) in [6, 6.07) is 0. The van der Waals surface area contributed by atoms with Gasteiger partial charge in [-0.15, -0.1) is 0 Å². The average molecular weight is 227 g/mol. The molecule has 0 bridgehead atoms. The topological polar surface area (TPSA) is 48.3 Å². The summed E-state index contributed by atoms with van der Waals surface area (Å²) >= 11 is 0. The standard InChI is InChI=1S/C11H21N3O2/c1-10-11(9-14(2)13-10)12-5-4-6-16-8-7-15-3/h9,12H,4-8H2,1-3H3. The summed E-state index contributed by atoms with van der Waals surface area (Å²) in [6.07, 6.45) is 2.97. The second-order valence-electron chi connectivity index (χ2n) is 3.69. The molecule has 0 radical (unpaired) electrons. The van der Waals surface area contributed by atoms with Crippen LogP contribution in [-0.2, 0) is 16.5 Å². The van der Waals surface area contributed by atoms with Crippen molar-refractivity contribution in [2.24, 2.45) is 7.05 Å². The predicted molar refractivity (Wildman–Crippen MR) is 63.7 cm³/mol. The Kier molecular flexibility index (Phi) is 5.88. The molecule has 92 valence electrons.